The van der Waals surface area contributed by atoms with Gasteiger partial charge in [-0.25, -0.2) is 4.68 Å². The highest BCUT2D eigenvalue weighted by atomic mass is 16.3. The first-order valence-corrected chi connectivity index (χ1v) is 7.26. The minimum Gasteiger partial charge on any atom is -0.504 e. The van der Waals surface area contributed by atoms with Crippen molar-refractivity contribution in [3.63, 3.8) is 0 Å². The van der Waals surface area contributed by atoms with E-state index in [-0.39, 0.29) is 11.4 Å². The zero-order valence-corrected chi connectivity index (χ0v) is 12.9. The molecule has 2 N–H and O–H groups in total. The molecule has 0 aliphatic rings. The smallest absolute Gasteiger partial charge is 0.280 e. The van der Waals surface area contributed by atoms with E-state index in [1.165, 1.54) is 10.9 Å². The van der Waals surface area contributed by atoms with E-state index in [0.29, 0.717) is 5.69 Å². The Kier molecular flexibility index (Phi) is 3.85. The summed E-state index contributed by atoms with van der Waals surface area (Å²) in [4.78, 5) is 12.4. The quantitative estimate of drug-likeness (QED) is 0.779. The number of carbonyl (C=O) groups excluding carboxylic acids is 1. The van der Waals surface area contributed by atoms with Crippen molar-refractivity contribution in [1.29, 1.82) is 0 Å². The van der Waals surface area contributed by atoms with E-state index >= 15 is 0 Å². The molecule has 5 heteroatoms. The highest BCUT2D eigenvalue weighted by molar-refractivity contribution is 6.04. The fraction of sp³-hybridized carbons (Fsp3) is 0.111. The molecule has 0 saturated carbocycles. The van der Waals surface area contributed by atoms with Crippen molar-refractivity contribution in [2.75, 3.05) is 5.32 Å². The molecule has 1 aromatic heterocycles. The van der Waals surface area contributed by atoms with E-state index in [1.54, 1.807) is 0 Å². The van der Waals surface area contributed by atoms with Crippen LogP contribution in [0.4, 0.5) is 5.69 Å². The molecule has 0 aliphatic heterocycles. The first-order chi connectivity index (χ1) is 11.0. The number of rotatable bonds is 3. The maximum absolute atomic E-state index is 12.4. The second-order valence-corrected chi connectivity index (χ2v) is 5.47. The van der Waals surface area contributed by atoms with Crippen molar-refractivity contribution in [2.24, 2.45) is 0 Å². The summed E-state index contributed by atoms with van der Waals surface area (Å²) in [6.45, 7) is 3.93. The minimum atomic E-state index is -0.442. The van der Waals surface area contributed by atoms with Crippen molar-refractivity contribution in [2.45, 2.75) is 13.8 Å². The number of aromatic nitrogens is 2. The summed E-state index contributed by atoms with van der Waals surface area (Å²) in [6.07, 6.45) is 1.42. The number of para-hydroxylation sites is 1. The molecule has 3 aromatic rings. The highest BCUT2D eigenvalue weighted by Gasteiger charge is 2.17. The number of nitrogens with zero attached hydrogens (tertiary/aromatic N) is 2. The van der Waals surface area contributed by atoms with E-state index in [9.17, 15) is 9.90 Å². The Morgan fingerprint density at radius 3 is 2.39 bits per heavy atom. The number of aromatic hydroxyl groups is 1. The number of nitrogens with one attached hydrogen (secondary N) is 1. The molecular weight excluding hydrogens is 290 g/mol. The van der Waals surface area contributed by atoms with Gasteiger partial charge in [-0.2, -0.15) is 5.10 Å². The first kappa shape index (κ1) is 14.8. The molecule has 3 rings (SSSR count). The summed E-state index contributed by atoms with van der Waals surface area (Å²) in [6, 6.07) is 15.1. The van der Waals surface area contributed by atoms with E-state index < -0.39 is 5.91 Å². The van der Waals surface area contributed by atoms with Gasteiger partial charge in [0.2, 0.25) is 0 Å². The molecule has 0 spiro atoms. The lowest BCUT2D eigenvalue weighted by molar-refractivity contribution is 0.101. The van der Waals surface area contributed by atoms with Crippen LogP contribution in [-0.4, -0.2) is 20.8 Å². The first-order valence-electron chi connectivity index (χ1n) is 7.26. The van der Waals surface area contributed by atoms with Gasteiger partial charge in [-0.3, -0.25) is 4.79 Å². The van der Waals surface area contributed by atoms with Gasteiger partial charge in [-0.15, -0.1) is 0 Å². The molecule has 2 aromatic carbocycles. The number of amides is 1. The fourth-order valence-electron chi connectivity index (χ4n) is 2.48. The van der Waals surface area contributed by atoms with Gasteiger partial charge in [-0.05, 0) is 49.2 Å². The second kappa shape index (κ2) is 5.96. The Bertz CT molecular complexity index is 834. The molecule has 0 bridgehead atoms. The monoisotopic (exact) mass is 307 g/mol. The lowest BCUT2D eigenvalue weighted by Crippen LogP contribution is -2.13. The summed E-state index contributed by atoms with van der Waals surface area (Å²) >= 11 is 0. The standard InChI is InChI=1S/C18H17N3O2/c1-12-8-13(2)10-14(9-12)19-18(23)17-16(22)11-21(20-17)15-6-4-3-5-7-15/h3-11,22H,1-2H3,(H,19,23). The van der Waals surface area contributed by atoms with Crippen molar-refractivity contribution in [3.05, 3.63) is 71.5 Å². The van der Waals surface area contributed by atoms with Gasteiger partial charge in [0.05, 0.1) is 11.9 Å². The van der Waals surface area contributed by atoms with Crippen molar-refractivity contribution in [1.82, 2.24) is 9.78 Å². The third-order valence-electron chi connectivity index (χ3n) is 3.41. The van der Waals surface area contributed by atoms with Gasteiger partial charge < -0.3 is 10.4 Å². The van der Waals surface area contributed by atoms with Gasteiger partial charge in [0.15, 0.2) is 11.4 Å². The van der Waals surface area contributed by atoms with Crippen LogP contribution in [0.15, 0.2) is 54.7 Å². The van der Waals surface area contributed by atoms with Crippen molar-refractivity contribution in [3.8, 4) is 11.4 Å². The fourth-order valence-corrected chi connectivity index (χ4v) is 2.48. The third-order valence-corrected chi connectivity index (χ3v) is 3.41. The topological polar surface area (TPSA) is 67.2 Å². The number of hydrogen-bond donors (Lipinski definition) is 2. The summed E-state index contributed by atoms with van der Waals surface area (Å²) < 4.78 is 1.48. The number of benzene rings is 2. The molecule has 0 saturated heterocycles. The molecule has 5 nitrogen and oxygen atoms in total. The van der Waals surface area contributed by atoms with Crippen LogP contribution < -0.4 is 5.32 Å². The molecule has 116 valence electrons. The average molecular weight is 307 g/mol. The van der Waals surface area contributed by atoms with E-state index in [4.69, 9.17) is 0 Å². The summed E-state index contributed by atoms with van der Waals surface area (Å²) in [5.74, 6) is -0.599. The minimum absolute atomic E-state index is 0.00647. The lowest BCUT2D eigenvalue weighted by atomic mass is 10.1. The Hall–Kier alpha value is -3.08. The predicted molar refractivity (Wildman–Crippen MR) is 89.1 cm³/mol. The van der Waals surface area contributed by atoms with Crippen LogP contribution in [-0.2, 0) is 0 Å². The van der Waals surface area contributed by atoms with Crippen LogP contribution >= 0.6 is 0 Å². The van der Waals surface area contributed by atoms with Crippen molar-refractivity contribution >= 4 is 11.6 Å². The molecule has 0 fully saturated rings. The van der Waals surface area contributed by atoms with Crippen LogP contribution in [0.3, 0.4) is 0 Å². The van der Waals surface area contributed by atoms with Crippen LogP contribution in [0, 0.1) is 13.8 Å². The third kappa shape index (κ3) is 3.23. The largest absolute Gasteiger partial charge is 0.504 e. The number of carbonyl (C=O) groups is 1. The molecule has 0 atom stereocenters. The normalized spacial score (nSPS) is 10.5. The zero-order chi connectivity index (χ0) is 16.4. The van der Waals surface area contributed by atoms with Gasteiger partial charge >= 0.3 is 0 Å². The molecule has 0 radical (unpaired) electrons. The lowest BCUT2D eigenvalue weighted by Gasteiger charge is -2.06. The highest BCUT2D eigenvalue weighted by Crippen LogP contribution is 2.20. The summed E-state index contributed by atoms with van der Waals surface area (Å²) in [5, 5.41) is 17.0. The Morgan fingerprint density at radius 1 is 1.09 bits per heavy atom. The van der Waals surface area contributed by atoms with E-state index in [1.807, 2.05) is 62.4 Å². The van der Waals surface area contributed by atoms with Crippen LogP contribution in [0.5, 0.6) is 5.75 Å². The van der Waals surface area contributed by atoms with Crippen LogP contribution in [0.1, 0.15) is 21.6 Å². The Balaban J connectivity index is 1.87. The van der Waals surface area contributed by atoms with Crippen LogP contribution in [0.2, 0.25) is 0 Å². The van der Waals surface area contributed by atoms with Gasteiger partial charge in [0, 0.05) is 5.69 Å². The Morgan fingerprint density at radius 2 is 1.74 bits per heavy atom. The van der Waals surface area contributed by atoms with Crippen molar-refractivity contribution < 1.29 is 9.90 Å². The van der Waals surface area contributed by atoms with E-state index in [2.05, 4.69) is 10.4 Å². The second-order valence-electron chi connectivity index (χ2n) is 5.47. The number of aryl methyl sites for hydroxylation is 2. The number of hydrogen-bond acceptors (Lipinski definition) is 3. The molecule has 23 heavy (non-hydrogen) atoms. The SMILES string of the molecule is Cc1cc(C)cc(NC(=O)c2nn(-c3ccccc3)cc2O)c1. The summed E-state index contributed by atoms with van der Waals surface area (Å²) in [7, 11) is 0. The van der Waals surface area contributed by atoms with Gasteiger partial charge in [0.25, 0.3) is 5.91 Å². The molecule has 0 aliphatic carbocycles. The van der Waals surface area contributed by atoms with Gasteiger partial charge in [0.1, 0.15) is 0 Å². The molecule has 1 amide bonds. The zero-order valence-electron chi connectivity index (χ0n) is 12.9. The maximum atomic E-state index is 12.4. The molecule has 0 unspecified atom stereocenters. The van der Waals surface area contributed by atoms with Crippen LogP contribution in [0.25, 0.3) is 5.69 Å². The molecular formula is C18H17N3O2. The van der Waals surface area contributed by atoms with E-state index in [0.717, 1.165) is 16.8 Å². The Labute approximate surface area is 134 Å². The maximum Gasteiger partial charge on any atom is 0.280 e. The predicted octanol–water partition coefficient (Wildman–Crippen LogP) is 3.45. The molecule has 1 heterocycles. The summed E-state index contributed by atoms with van der Waals surface area (Å²) in [5.41, 5.74) is 3.56. The number of anilines is 1. The van der Waals surface area contributed by atoms with Gasteiger partial charge in [-0.1, -0.05) is 24.3 Å². The average Bonchev–Trinajstić information content (AvgIpc) is 2.89.